The predicted octanol–water partition coefficient (Wildman–Crippen LogP) is 1.31. The molecule has 2 fully saturated rings. The molecule has 142 valence electrons. The SMILES string of the molecule is CC(Nc1ncc(C(=O)N2CCN3C[C@@H](F)C[C@H]3C2)cn1)c1cnccn1. The van der Waals surface area contributed by atoms with Gasteiger partial charge in [0.2, 0.25) is 5.95 Å². The molecule has 27 heavy (non-hydrogen) atoms. The lowest BCUT2D eigenvalue weighted by Gasteiger charge is -2.37. The van der Waals surface area contributed by atoms with E-state index in [0.29, 0.717) is 44.1 Å². The van der Waals surface area contributed by atoms with Crippen LogP contribution in [-0.4, -0.2) is 74.0 Å². The van der Waals surface area contributed by atoms with Crippen LogP contribution in [0.4, 0.5) is 10.3 Å². The van der Waals surface area contributed by atoms with E-state index < -0.39 is 6.17 Å². The summed E-state index contributed by atoms with van der Waals surface area (Å²) in [5, 5.41) is 3.14. The van der Waals surface area contributed by atoms with Crippen LogP contribution in [0.25, 0.3) is 0 Å². The largest absolute Gasteiger partial charge is 0.346 e. The minimum Gasteiger partial charge on any atom is -0.346 e. The van der Waals surface area contributed by atoms with Gasteiger partial charge in [0.25, 0.3) is 5.91 Å². The summed E-state index contributed by atoms with van der Waals surface area (Å²) in [4.78, 5) is 33.4. The molecule has 0 aromatic carbocycles. The lowest BCUT2D eigenvalue weighted by atomic mass is 10.1. The molecular weight excluding hydrogens is 349 g/mol. The number of nitrogens with zero attached hydrogens (tertiary/aromatic N) is 6. The van der Waals surface area contributed by atoms with Gasteiger partial charge in [0.1, 0.15) is 6.17 Å². The summed E-state index contributed by atoms with van der Waals surface area (Å²) < 4.78 is 13.6. The number of piperazine rings is 1. The molecule has 0 spiro atoms. The quantitative estimate of drug-likeness (QED) is 0.867. The highest BCUT2D eigenvalue weighted by atomic mass is 19.1. The Morgan fingerprint density at radius 1 is 1.19 bits per heavy atom. The first-order chi connectivity index (χ1) is 13.1. The zero-order valence-corrected chi connectivity index (χ0v) is 15.1. The van der Waals surface area contributed by atoms with Crippen LogP contribution in [0.15, 0.2) is 31.0 Å². The number of rotatable bonds is 4. The molecular formula is C18H22FN7O. The molecule has 2 aromatic heterocycles. The van der Waals surface area contributed by atoms with Gasteiger partial charge in [-0.3, -0.25) is 19.7 Å². The molecule has 0 saturated carbocycles. The molecule has 4 heterocycles. The van der Waals surface area contributed by atoms with Gasteiger partial charge in [-0.2, -0.15) is 0 Å². The van der Waals surface area contributed by atoms with Crippen molar-refractivity contribution in [2.24, 2.45) is 0 Å². The highest BCUT2D eigenvalue weighted by molar-refractivity contribution is 5.93. The summed E-state index contributed by atoms with van der Waals surface area (Å²) in [5.41, 5.74) is 1.22. The Labute approximate surface area is 156 Å². The molecule has 2 aliphatic rings. The molecule has 8 nitrogen and oxygen atoms in total. The van der Waals surface area contributed by atoms with Crippen LogP contribution in [0.2, 0.25) is 0 Å². The standard InChI is InChI=1S/C18H22FN7O/c1-12(16-9-20-2-3-21-16)24-18-22-7-13(8-23-18)17(27)26-5-4-25-10-14(19)6-15(25)11-26/h2-3,7-9,12,14-15H,4-6,10-11H2,1H3,(H,22,23,24)/t12?,14-,15-/m0/s1. The van der Waals surface area contributed by atoms with Gasteiger partial charge in [-0.25, -0.2) is 14.4 Å². The molecule has 0 aliphatic carbocycles. The predicted molar refractivity (Wildman–Crippen MR) is 96.9 cm³/mol. The minimum absolute atomic E-state index is 0.106. The van der Waals surface area contributed by atoms with E-state index in [4.69, 9.17) is 0 Å². The normalized spacial score (nSPS) is 23.7. The van der Waals surface area contributed by atoms with Crippen molar-refractivity contribution in [1.82, 2.24) is 29.7 Å². The Morgan fingerprint density at radius 3 is 2.74 bits per heavy atom. The van der Waals surface area contributed by atoms with E-state index in [9.17, 15) is 9.18 Å². The van der Waals surface area contributed by atoms with Crippen LogP contribution in [0.1, 0.15) is 35.4 Å². The lowest BCUT2D eigenvalue weighted by molar-refractivity contribution is 0.0570. The maximum Gasteiger partial charge on any atom is 0.257 e. The Morgan fingerprint density at radius 2 is 2.00 bits per heavy atom. The second kappa shape index (κ2) is 7.51. The third-order valence-electron chi connectivity index (χ3n) is 5.12. The van der Waals surface area contributed by atoms with Crippen molar-refractivity contribution in [3.8, 4) is 0 Å². The van der Waals surface area contributed by atoms with E-state index in [0.717, 1.165) is 5.69 Å². The molecule has 9 heteroatoms. The lowest BCUT2D eigenvalue weighted by Crippen LogP contribution is -2.52. The molecule has 2 aliphatic heterocycles. The average molecular weight is 371 g/mol. The van der Waals surface area contributed by atoms with Crippen LogP contribution in [0.5, 0.6) is 0 Å². The number of aromatic nitrogens is 4. The maximum absolute atomic E-state index is 13.6. The first-order valence-corrected chi connectivity index (χ1v) is 9.12. The molecule has 2 aromatic rings. The summed E-state index contributed by atoms with van der Waals surface area (Å²) in [5.74, 6) is 0.316. The minimum atomic E-state index is -0.782. The number of carbonyl (C=O) groups is 1. The number of nitrogens with one attached hydrogen (secondary N) is 1. The fourth-order valence-corrected chi connectivity index (χ4v) is 3.66. The van der Waals surface area contributed by atoms with Crippen molar-refractivity contribution in [2.75, 3.05) is 31.5 Å². The summed E-state index contributed by atoms with van der Waals surface area (Å²) in [6, 6.07) is 0.0109. The summed E-state index contributed by atoms with van der Waals surface area (Å²) in [7, 11) is 0. The number of hydrogen-bond donors (Lipinski definition) is 1. The van der Waals surface area contributed by atoms with E-state index in [2.05, 4.69) is 30.2 Å². The number of anilines is 1. The van der Waals surface area contributed by atoms with E-state index in [1.807, 2.05) is 6.92 Å². The number of hydrogen-bond acceptors (Lipinski definition) is 7. The number of fused-ring (bicyclic) bond motifs is 1. The molecule has 3 atom stereocenters. The highest BCUT2D eigenvalue weighted by Gasteiger charge is 2.37. The first-order valence-electron chi connectivity index (χ1n) is 9.12. The Balaban J connectivity index is 1.38. The van der Waals surface area contributed by atoms with Crippen LogP contribution in [-0.2, 0) is 0 Å². The van der Waals surface area contributed by atoms with Crippen molar-refractivity contribution in [2.45, 2.75) is 31.6 Å². The Kier molecular flexibility index (Phi) is 4.93. The number of halogens is 1. The number of carbonyl (C=O) groups excluding carboxylic acids is 1. The fraction of sp³-hybridized carbons (Fsp3) is 0.500. The zero-order valence-electron chi connectivity index (χ0n) is 15.1. The van der Waals surface area contributed by atoms with E-state index in [1.54, 1.807) is 23.5 Å². The van der Waals surface area contributed by atoms with Crippen molar-refractivity contribution in [1.29, 1.82) is 0 Å². The maximum atomic E-state index is 13.6. The van der Waals surface area contributed by atoms with Crippen molar-refractivity contribution < 1.29 is 9.18 Å². The van der Waals surface area contributed by atoms with Gasteiger partial charge in [0.05, 0.1) is 23.5 Å². The van der Waals surface area contributed by atoms with Crippen LogP contribution < -0.4 is 5.32 Å². The van der Waals surface area contributed by atoms with Gasteiger partial charge >= 0.3 is 0 Å². The fourth-order valence-electron chi connectivity index (χ4n) is 3.66. The molecule has 2 saturated heterocycles. The molecule has 1 N–H and O–H groups in total. The molecule has 1 unspecified atom stereocenters. The smallest absolute Gasteiger partial charge is 0.257 e. The molecule has 0 radical (unpaired) electrons. The second-order valence-corrected chi connectivity index (χ2v) is 7.02. The van der Waals surface area contributed by atoms with Crippen molar-refractivity contribution >= 4 is 11.9 Å². The number of alkyl halides is 1. The van der Waals surface area contributed by atoms with Crippen LogP contribution in [0.3, 0.4) is 0 Å². The average Bonchev–Trinajstić information content (AvgIpc) is 3.08. The van der Waals surface area contributed by atoms with E-state index in [-0.39, 0.29) is 18.0 Å². The topological polar surface area (TPSA) is 87.1 Å². The monoisotopic (exact) mass is 371 g/mol. The van der Waals surface area contributed by atoms with Crippen molar-refractivity contribution in [3.63, 3.8) is 0 Å². The van der Waals surface area contributed by atoms with Gasteiger partial charge < -0.3 is 10.2 Å². The zero-order chi connectivity index (χ0) is 18.8. The third-order valence-corrected chi connectivity index (χ3v) is 5.12. The highest BCUT2D eigenvalue weighted by Crippen LogP contribution is 2.24. The van der Waals surface area contributed by atoms with Crippen LogP contribution >= 0.6 is 0 Å². The Hall–Kier alpha value is -2.68. The summed E-state index contributed by atoms with van der Waals surface area (Å²) >= 11 is 0. The Bertz CT molecular complexity index is 788. The summed E-state index contributed by atoms with van der Waals surface area (Å²) in [6.07, 6.45) is 7.71. The number of amides is 1. The van der Waals surface area contributed by atoms with Crippen LogP contribution in [0, 0.1) is 0 Å². The van der Waals surface area contributed by atoms with Gasteiger partial charge in [-0.1, -0.05) is 0 Å². The van der Waals surface area contributed by atoms with Gasteiger partial charge in [0.15, 0.2) is 0 Å². The van der Waals surface area contributed by atoms with Gasteiger partial charge in [-0.15, -0.1) is 0 Å². The molecule has 0 bridgehead atoms. The van der Waals surface area contributed by atoms with E-state index in [1.165, 1.54) is 12.4 Å². The summed E-state index contributed by atoms with van der Waals surface area (Å²) in [6.45, 7) is 4.30. The van der Waals surface area contributed by atoms with Gasteiger partial charge in [0, 0.05) is 57.0 Å². The second-order valence-electron chi connectivity index (χ2n) is 7.02. The first kappa shape index (κ1) is 17.7. The molecule has 1 amide bonds. The molecule has 4 rings (SSSR count). The third kappa shape index (κ3) is 3.87. The van der Waals surface area contributed by atoms with Gasteiger partial charge in [-0.05, 0) is 13.3 Å². The van der Waals surface area contributed by atoms with Crippen molar-refractivity contribution in [3.05, 3.63) is 42.2 Å². The van der Waals surface area contributed by atoms with E-state index >= 15 is 0 Å².